The van der Waals surface area contributed by atoms with Crippen molar-refractivity contribution in [2.24, 2.45) is 11.7 Å². The molecular formula is C8H18FN3O. The van der Waals surface area contributed by atoms with E-state index in [-0.39, 0.29) is 31.5 Å². The molecule has 4 nitrogen and oxygen atoms in total. The fraction of sp³-hybridized carbons (Fsp3) is 0.875. The minimum absolute atomic E-state index is 0.0532. The van der Waals surface area contributed by atoms with Crippen LogP contribution in [0, 0.1) is 5.92 Å². The van der Waals surface area contributed by atoms with Crippen LogP contribution in [0.4, 0.5) is 4.48 Å². The van der Waals surface area contributed by atoms with Crippen molar-refractivity contribution in [2.45, 2.75) is 13.8 Å². The van der Waals surface area contributed by atoms with E-state index in [0.29, 0.717) is 11.7 Å². The summed E-state index contributed by atoms with van der Waals surface area (Å²) >= 11 is 0. The van der Waals surface area contributed by atoms with Crippen molar-refractivity contribution >= 4 is 5.91 Å². The first-order valence-electron chi connectivity index (χ1n) is 4.46. The highest BCUT2D eigenvalue weighted by Gasteiger charge is 2.06. The van der Waals surface area contributed by atoms with Crippen LogP contribution in [0.3, 0.4) is 0 Å². The molecule has 0 unspecified atom stereocenters. The summed E-state index contributed by atoms with van der Waals surface area (Å²) in [4.78, 5) is 11.0. The third-order valence-corrected chi connectivity index (χ3v) is 1.55. The van der Waals surface area contributed by atoms with Crippen molar-refractivity contribution in [2.75, 3.05) is 26.2 Å². The molecule has 0 aromatic heterocycles. The Morgan fingerprint density at radius 1 is 1.54 bits per heavy atom. The quantitative estimate of drug-likeness (QED) is 0.577. The van der Waals surface area contributed by atoms with Crippen molar-refractivity contribution in [1.29, 1.82) is 0 Å². The van der Waals surface area contributed by atoms with Crippen LogP contribution in [0.15, 0.2) is 0 Å². The van der Waals surface area contributed by atoms with Gasteiger partial charge in [-0.25, -0.2) is 0 Å². The molecule has 0 atom stereocenters. The number of carbonyl (C=O) groups is 1. The first-order valence-corrected chi connectivity index (χ1v) is 4.46. The standard InChI is InChI=1S/C8H18FN3O/c1-7(2)8(13)11-4-6-12(9)5-3-10/h7H,3-6,10H2,1-2H3,(H,11,13). The summed E-state index contributed by atoms with van der Waals surface area (Å²) < 4.78 is 12.7. The van der Waals surface area contributed by atoms with Crippen molar-refractivity contribution in [3.63, 3.8) is 0 Å². The lowest BCUT2D eigenvalue weighted by Crippen LogP contribution is -2.35. The second-order valence-electron chi connectivity index (χ2n) is 3.14. The molecule has 5 heteroatoms. The molecule has 13 heavy (non-hydrogen) atoms. The maximum atomic E-state index is 12.7. The maximum absolute atomic E-state index is 12.7. The lowest BCUT2D eigenvalue weighted by atomic mass is 10.2. The van der Waals surface area contributed by atoms with E-state index in [0.717, 1.165) is 0 Å². The molecule has 0 saturated carbocycles. The van der Waals surface area contributed by atoms with Gasteiger partial charge in [-0.15, -0.1) is 9.60 Å². The molecule has 0 fully saturated rings. The van der Waals surface area contributed by atoms with Gasteiger partial charge >= 0.3 is 0 Å². The van der Waals surface area contributed by atoms with Crippen LogP contribution in [0.25, 0.3) is 0 Å². The first kappa shape index (κ1) is 12.3. The zero-order valence-corrected chi connectivity index (χ0v) is 8.22. The highest BCUT2D eigenvalue weighted by molar-refractivity contribution is 5.77. The molecular weight excluding hydrogens is 173 g/mol. The molecule has 0 aliphatic heterocycles. The summed E-state index contributed by atoms with van der Waals surface area (Å²) in [7, 11) is 0. The van der Waals surface area contributed by atoms with Gasteiger partial charge in [-0.05, 0) is 0 Å². The number of rotatable bonds is 6. The van der Waals surface area contributed by atoms with Gasteiger partial charge in [0.2, 0.25) is 5.91 Å². The molecule has 0 aliphatic carbocycles. The zero-order chi connectivity index (χ0) is 10.3. The Hall–Kier alpha value is -0.680. The van der Waals surface area contributed by atoms with E-state index < -0.39 is 0 Å². The second kappa shape index (κ2) is 6.80. The van der Waals surface area contributed by atoms with E-state index in [1.54, 1.807) is 13.8 Å². The van der Waals surface area contributed by atoms with E-state index >= 15 is 0 Å². The second-order valence-corrected chi connectivity index (χ2v) is 3.14. The molecule has 0 saturated heterocycles. The summed E-state index contributed by atoms with van der Waals surface area (Å²) in [6.07, 6.45) is 0. The molecule has 0 bridgehead atoms. The predicted molar refractivity (Wildman–Crippen MR) is 49.6 cm³/mol. The Bertz CT molecular complexity index is 152. The normalized spacial score (nSPS) is 10.9. The number of carbonyl (C=O) groups excluding carboxylic acids is 1. The Morgan fingerprint density at radius 3 is 2.62 bits per heavy atom. The molecule has 0 aliphatic rings. The van der Waals surface area contributed by atoms with Crippen molar-refractivity contribution in [3.05, 3.63) is 0 Å². The van der Waals surface area contributed by atoms with Gasteiger partial charge < -0.3 is 11.1 Å². The highest BCUT2D eigenvalue weighted by atomic mass is 19.2. The third kappa shape index (κ3) is 6.48. The number of hydrogen-bond donors (Lipinski definition) is 2. The SMILES string of the molecule is CC(C)C(=O)NCCN(F)CCN. The summed E-state index contributed by atoms with van der Waals surface area (Å²) in [5.74, 6) is -0.108. The van der Waals surface area contributed by atoms with Crippen LogP contribution in [-0.2, 0) is 4.79 Å². The number of nitrogens with one attached hydrogen (secondary N) is 1. The van der Waals surface area contributed by atoms with Crippen LogP contribution in [-0.4, -0.2) is 37.2 Å². The van der Waals surface area contributed by atoms with E-state index in [2.05, 4.69) is 5.32 Å². The van der Waals surface area contributed by atoms with Crippen LogP contribution in [0.5, 0.6) is 0 Å². The summed E-state index contributed by atoms with van der Waals surface area (Å²) in [6, 6.07) is 0. The van der Waals surface area contributed by atoms with E-state index in [1.165, 1.54) is 0 Å². The first-order chi connectivity index (χ1) is 6.07. The largest absolute Gasteiger partial charge is 0.354 e. The van der Waals surface area contributed by atoms with Crippen LogP contribution in [0.2, 0.25) is 0 Å². The lowest BCUT2D eigenvalue weighted by molar-refractivity contribution is -0.124. The molecule has 0 spiro atoms. The Labute approximate surface area is 78.2 Å². The number of amides is 1. The average Bonchev–Trinajstić information content (AvgIpc) is 2.04. The average molecular weight is 191 g/mol. The minimum atomic E-state index is -0.0545. The molecule has 0 aromatic carbocycles. The van der Waals surface area contributed by atoms with E-state index in [9.17, 15) is 9.28 Å². The Morgan fingerprint density at radius 2 is 2.15 bits per heavy atom. The number of hydrogen-bond acceptors (Lipinski definition) is 3. The van der Waals surface area contributed by atoms with Gasteiger partial charge in [0.25, 0.3) is 0 Å². The van der Waals surface area contributed by atoms with Gasteiger partial charge in [-0.1, -0.05) is 13.8 Å². The van der Waals surface area contributed by atoms with Crippen molar-refractivity contribution in [3.8, 4) is 0 Å². The zero-order valence-electron chi connectivity index (χ0n) is 8.22. The van der Waals surface area contributed by atoms with Gasteiger partial charge in [0, 0.05) is 32.1 Å². The lowest BCUT2D eigenvalue weighted by Gasteiger charge is -2.11. The van der Waals surface area contributed by atoms with Gasteiger partial charge in [0.15, 0.2) is 0 Å². The maximum Gasteiger partial charge on any atom is 0.222 e. The topological polar surface area (TPSA) is 58.4 Å². The summed E-state index contributed by atoms with van der Waals surface area (Å²) in [5, 5.41) is 3.21. The van der Waals surface area contributed by atoms with Gasteiger partial charge in [0.1, 0.15) is 0 Å². The molecule has 0 rings (SSSR count). The van der Waals surface area contributed by atoms with Crippen molar-refractivity contribution < 1.29 is 9.28 Å². The molecule has 3 N–H and O–H groups in total. The fourth-order valence-electron chi connectivity index (χ4n) is 0.756. The molecule has 1 amide bonds. The van der Waals surface area contributed by atoms with Gasteiger partial charge in [-0.2, -0.15) is 0 Å². The molecule has 78 valence electrons. The monoisotopic (exact) mass is 191 g/mol. The number of halogens is 1. The molecule has 0 heterocycles. The minimum Gasteiger partial charge on any atom is -0.354 e. The van der Waals surface area contributed by atoms with Crippen LogP contribution < -0.4 is 11.1 Å². The van der Waals surface area contributed by atoms with Crippen molar-refractivity contribution in [1.82, 2.24) is 10.4 Å². The summed E-state index contributed by atoms with van der Waals surface area (Å²) in [6.45, 7) is 4.60. The highest BCUT2D eigenvalue weighted by Crippen LogP contribution is 1.90. The fourth-order valence-corrected chi connectivity index (χ4v) is 0.756. The Balaban J connectivity index is 3.39. The smallest absolute Gasteiger partial charge is 0.222 e. The molecule has 0 radical (unpaired) electrons. The summed E-state index contributed by atoms with van der Waals surface area (Å²) in [5.41, 5.74) is 5.14. The van der Waals surface area contributed by atoms with Gasteiger partial charge in [0.05, 0.1) is 0 Å². The van der Waals surface area contributed by atoms with E-state index in [4.69, 9.17) is 5.73 Å². The van der Waals surface area contributed by atoms with Gasteiger partial charge in [-0.3, -0.25) is 4.79 Å². The molecule has 0 aromatic rings. The predicted octanol–water partition coefficient (Wildman–Crippen LogP) is -0.0962. The third-order valence-electron chi connectivity index (χ3n) is 1.55. The van der Waals surface area contributed by atoms with Crippen LogP contribution >= 0.6 is 0 Å². The van der Waals surface area contributed by atoms with E-state index in [1.807, 2.05) is 0 Å². The Kier molecular flexibility index (Phi) is 6.44. The van der Waals surface area contributed by atoms with Crippen LogP contribution in [0.1, 0.15) is 13.8 Å². The number of nitrogens with zero attached hydrogens (tertiary/aromatic N) is 1. The number of nitrogens with two attached hydrogens (primary N) is 1.